The van der Waals surface area contributed by atoms with Gasteiger partial charge < -0.3 is 5.32 Å². The van der Waals surface area contributed by atoms with Crippen LogP contribution in [-0.4, -0.2) is 33.0 Å². The van der Waals surface area contributed by atoms with Crippen molar-refractivity contribution in [1.29, 1.82) is 0 Å². The Morgan fingerprint density at radius 3 is 2.56 bits per heavy atom. The molecule has 1 rings (SSSR count). The van der Waals surface area contributed by atoms with Crippen LogP contribution in [0.4, 0.5) is 0 Å². The molecule has 3 nitrogen and oxygen atoms in total. The molecule has 1 aliphatic carbocycles. The van der Waals surface area contributed by atoms with Gasteiger partial charge in [-0.2, -0.15) is 0 Å². The van der Waals surface area contributed by atoms with Gasteiger partial charge >= 0.3 is 0 Å². The van der Waals surface area contributed by atoms with Crippen molar-refractivity contribution < 1.29 is 8.42 Å². The van der Waals surface area contributed by atoms with E-state index >= 15 is 0 Å². The minimum atomic E-state index is -2.80. The molecule has 0 aromatic carbocycles. The Labute approximate surface area is 99.9 Å². The van der Waals surface area contributed by atoms with Crippen molar-refractivity contribution in [1.82, 2.24) is 5.32 Å². The lowest BCUT2D eigenvalue weighted by Crippen LogP contribution is -2.39. The summed E-state index contributed by atoms with van der Waals surface area (Å²) in [5, 5.41) is 3.33. The summed E-state index contributed by atoms with van der Waals surface area (Å²) in [7, 11) is -0.808. The van der Waals surface area contributed by atoms with Gasteiger partial charge in [0.25, 0.3) is 0 Å². The van der Waals surface area contributed by atoms with Gasteiger partial charge in [0.05, 0.1) is 5.75 Å². The van der Waals surface area contributed by atoms with Gasteiger partial charge in [-0.1, -0.05) is 13.8 Å². The Morgan fingerprint density at radius 1 is 1.31 bits per heavy atom. The maximum atomic E-state index is 11.5. The molecule has 1 fully saturated rings. The largest absolute Gasteiger partial charge is 0.317 e. The van der Waals surface area contributed by atoms with E-state index in [0.29, 0.717) is 17.7 Å². The van der Waals surface area contributed by atoms with Gasteiger partial charge in [-0.05, 0) is 44.6 Å². The van der Waals surface area contributed by atoms with Crippen LogP contribution in [0.1, 0.15) is 39.5 Å². The van der Waals surface area contributed by atoms with E-state index in [0.717, 1.165) is 12.3 Å². The maximum absolute atomic E-state index is 11.5. The molecule has 0 aliphatic heterocycles. The van der Waals surface area contributed by atoms with E-state index in [9.17, 15) is 8.42 Å². The summed E-state index contributed by atoms with van der Waals surface area (Å²) >= 11 is 0. The predicted octanol–water partition coefficient (Wildman–Crippen LogP) is 1.84. The molecule has 0 aromatic heterocycles. The van der Waals surface area contributed by atoms with Crippen molar-refractivity contribution in [2.45, 2.75) is 45.6 Å². The van der Waals surface area contributed by atoms with Crippen molar-refractivity contribution in [3.63, 3.8) is 0 Å². The van der Waals surface area contributed by atoms with E-state index in [4.69, 9.17) is 0 Å². The molecule has 4 heteroatoms. The average molecular weight is 247 g/mol. The predicted molar refractivity (Wildman–Crippen MR) is 68.3 cm³/mol. The summed E-state index contributed by atoms with van der Waals surface area (Å²) in [6.07, 6.45) is 4.45. The molecule has 0 heterocycles. The molecule has 96 valence electrons. The molecule has 0 bridgehead atoms. The Balaban J connectivity index is 2.49. The third-order valence-corrected chi connectivity index (χ3v) is 5.59. The quantitative estimate of drug-likeness (QED) is 0.806. The second-order valence-corrected chi connectivity index (χ2v) is 7.57. The first-order chi connectivity index (χ1) is 7.48. The standard InChI is InChI=1S/C12H25NO2S/c1-4-16(14,15)8-7-11-9-10(2)5-6-12(11)13-3/h10-13H,4-9H2,1-3H3. The van der Waals surface area contributed by atoms with E-state index < -0.39 is 9.84 Å². The highest BCUT2D eigenvalue weighted by Gasteiger charge is 2.28. The maximum Gasteiger partial charge on any atom is 0.150 e. The average Bonchev–Trinajstić information content (AvgIpc) is 2.27. The van der Waals surface area contributed by atoms with Gasteiger partial charge in [0, 0.05) is 11.8 Å². The highest BCUT2D eigenvalue weighted by atomic mass is 32.2. The summed E-state index contributed by atoms with van der Waals surface area (Å²) < 4.78 is 23.0. The molecule has 1 saturated carbocycles. The SMILES string of the molecule is CCS(=O)(=O)CCC1CC(C)CCC1NC. The minimum Gasteiger partial charge on any atom is -0.317 e. The Morgan fingerprint density at radius 2 is 2.00 bits per heavy atom. The number of hydrogen-bond acceptors (Lipinski definition) is 3. The van der Waals surface area contributed by atoms with Crippen LogP contribution < -0.4 is 5.32 Å². The van der Waals surface area contributed by atoms with Crippen molar-refractivity contribution in [3.05, 3.63) is 0 Å². The molecule has 0 aromatic rings. The summed E-state index contributed by atoms with van der Waals surface area (Å²) in [6, 6.07) is 0.517. The van der Waals surface area contributed by atoms with Gasteiger partial charge in [-0.3, -0.25) is 0 Å². The summed E-state index contributed by atoms with van der Waals surface area (Å²) in [5.74, 6) is 1.92. The fourth-order valence-corrected chi connectivity index (χ4v) is 3.62. The molecule has 0 spiro atoms. The van der Waals surface area contributed by atoms with Crippen molar-refractivity contribution >= 4 is 9.84 Å². The number of sulfone groups is 1. The zero-order valence-electron chi connectivity index (χ0n) is 10.7. The number of rotatable bonds is 5. The van der Waals surface area contributed by atoms with Crippen LogP contribution in [0.15, 0.2) is 0 Å². The van der Waals surface area contributed by atoms with Crippen LogP contribution >= 0.6 is 0 Å². The highest BCUT2D eigenvalue weighted by Crippen LogP contribution is 2.31. The van der Waals surface area contributed by atoms with Gasteiger partial charge in [-0.15, -0.1) is 0 Å². The van der Waals surface area contributed by atoms with Gasteiger partial charge in [0.1, 0.15) is 9.84 Å². The molecule has 0 amide bonds. The molecule has 16 heavy (non-hydrogen) atoms. The van der Waals surface area contributed by atoms with Crippen LogP contribution in [0, 0.1) is 11.8 Å². The molecule has 0 saturated heterocycles. The lowest BCUT2D eigenvalue weighted by Gasteiger charge is -2.34. The van der Waals surface area contributed by atoms with Crippen LogP contribution in [0.25, 0.3) is 0 Å². The van der Waals surface area contributed by atoms with E-state index in [1.807, 2.05) is 7.05 Å². The first-order valence-electron chi connectivity index (χ1n) is 6.36. The molecular weight excluding hydrogens is 222 g/mol. The van der Waals surface area contributed by atoms with Crippen LogP contribution in [0.5, 0.6) is 0 Å². The monoisotopic (exact) mass is 247 g/mol. The smallest absolute Gasteiger partial charge is 0.150 e. The van der Waals surface area contributed by atoms with Crippen LogP contribution in [-0.2, 0) is 9.84 Å². The van der Waals surface area contributed by atoms with Crippen LogP contribution in [0.2, 0.25) is 0 Å². The lowest BCUT2D eigenvalue weighted by atomic mass is 9.77. The Kier molecular flexibility index (Phi) is 5.25. The minimum absolute atomic E-state index is 0.277. The number of nitrogens with one attached hydrogen (secondary N) is 1. The first kappa shape index (κ1) is 14.0. The number of hydrogen-bond donors (Lipinski definition) is 1. The molecule has 3 unspecified atom stereocenters. The summed E-state index contributed by atoms with van der Waals surface area (Å²) in [5.41, 5.74) is 0. The van der Waals surface area contributed by atoms with E-state index in [1.54, 1.807) is 6.92 Å². The second kappa shape index (κ2) is 6.01. The molecule has 3 atom stereocenters. The molecule has 0 radical (unpaired) electrons. The van der Waals surface area contributed by atoms with Crippen molar-refractivity contribution in [2.24, 2.45) is 11.8 Å². The van der Waals surface area contributed by atoms with Crippen molar-refractivity contribution in [2.75, 3.05) is 18.6 Å². The highest BCUT2D eigenvalue weighted by molar-refractivity contribution is 7.91. The normalized spacial score (nSPS) is 31.6. The molecule has 1 aliphatic rings. The first-order valence-corrected chi connectivity index (χ1v) is 8.18. The third-order valence-electron chi connectivity index (χ3n) is 3.85. The fraction of sp³-hybridized carbons (Fsp3) is 1.00. The summed E-state index contributed by atoms with van der Waals surface area (Å²) in [6.45, 7) is 4.00. The van der Waals surface area contributed by atoms with E-state index in [-0.39, 0.29) is 5.75 Å². The van der Waals surface area contributed by atoms with E-state index in [2.05, 4.69) is 12.2 Å². The second-order valence-electron chi connectivity index (χ2n) is 5.10. The Hall–Kier alpha value is -0.0900. The molecular formula is C12H25NO2S. The van der Waals surface area contributed by atoms with Crippen molar-refractivity contribution in [3.8, 4) is 0 Å². The summed E-state index contributed by atoms with van der Waals surface area (Å²) in [4.78, 5) is 0. The van der Waals surface area contributed by atoms with E-state index in [1.165, 1.54) is 19.3 Å². The zero-order valence-corrected chi connectivity index (χ0v) is 11.5. The fourth-order valence-electron chi connectivity index (χ4n) is 2.67. The Bertz CT molecular complexity index is 300. The topological polar surface area (TPSA) is 46.2 Å². The van der Waals surface area contributed by atoms with Crippen LogP contribution in [0.3, 0.4) is 0 Å². The zero-order chi connectivity index (χ0) is 12.2. The lowest BCUT2D eigenvalue weighted by molar-refractivity contribution is 0.216. The van der Waals surface area contributed by atoms with Gasteiger partial charge in [-0.25, -0.2) is 8.42 Å². The third kappa shape index (κ3) is 4.06. The molecule has 1 N–H and O–H groups in total. The van der Waals surface area contributed by atoms with Gasteiger partial charge in [0.2, 0.25) is 0 Å². The van der Waals surface area contributed by atoms with Gasteiger partial charge in [0.15, 0.2) is 0 Å².